The lowest BCUT2D eigenvalue weighted by Crippen LogP contribution is -1.99. The summed E-state index contributed by atoms with van der Waals surface area (Å²) >= 11 is 1.44. The average Bonchev–Trinajstić information content (AvgIpc) is 3.30. The molecule has 0 atom stereocenters. The normalized spacial score (nSPS) is 11.1. The van der Waals surface area contributed by atoms with E-state index >= 15 is 0 Å². The summed E-state index contributed by atoms with van der Waals surface area (Å²) in [5.74, 6) is 1.08. The van der Waals surface area contributed by atoms with Crippen LogP contribution in [0.25, 0.3) is 17.1 Å². The highest BCUT2D eigenvalue weighted by atomic mass is 32.1. The van der Waals surface area contributed by atoms with Crippen molar-refractivity contribution in [3.05, 3.63) is 58.7 Å². The van der Waals surface area contributed by atoms with E-state index in [1.165, 1.54) is 11.5 Å². The fraction of sp³-hybridized carbons (Fsp3) is 0.188. The van der Waals surface area contributed by atoms with Crippen molar-refractivity contribution in [3.8, 4) is 17.1 Å². The minimum atomic E-state index is 0.440. The van der Waals surface area contributed by atoms with Crippen LogP contribution in [0.4, 0.5) is 0 Å². The lowest BCUT2D eigenvalue weighted by atomic mass is 10.2. The molecule has 120 valence electrons. The molecule has 3 heterocycles. The summed E-state index contributed by atoms with van der Waals surface area (Å²) in [6.07, 6.45) is 2.15. The fourth-order valence-electron chi connectivity index (χ4n) is 2.45. The van der Waals surface area contributed by atoms with Gasteiger partial charge < -0.3 is 4.52 Å². The van der Waals surface area contributed by atoms with Crippen molar-refractivity contribution < 1.29 is 4.52 Å². The van der Waals surface area contributed by atoms with Crippen LogP contribution in [0.1, 0.15) is 22.2 Å². The lowest BCUT2D eigenvalue weighted by Gasteiger charge is -1.96. The Morgan fingerprint density at radius 3 is 2.75 bits per heavy atom. The number of benzene rings is 1. The lowest BCUT2D eigenvalue weighted by molar-refractivity contribution is 0.384. The van der Waals surface area contributed by atoms with E-state index in [1.54, 1.807) is 11.0 Å². The molecule has 4 aromatic rings. The van der Waals surface area contributed by atoms with Gasteiger partial charge >= 0.3 is 0 Å². The van der Waals surface area contributed by atoms with E-state index < -0.39 is 0 Å². The van der Waals surface area contributed by atoms with Crippen molar-refractivity contribution in [2.45, 2.75) is 20.3 Å². The minimum Gasteiger partial charge on any atom is -0.339 e. The number of para-hydroxylation sites is 1. The van der Waals surface area contributed by atoms with Gasteiger partial charge in [0.15, 0.2) is 0 Å². The molecular weight excluding hydrogens is 324 g/mol. The SMILES string of the molecule is Cc1nsc(C)c1-c1noc(Cc2cnn(-c3ccccc3)n2)n1. The van der Waals surface area contributed by atoms with Crippen LogP contribution in [0.5, 0.6) is 0 Å². The molecular formula is C16H14N6OS. The maximum Gasteiger partial charge on any atom is 0.233 e. The summed E-state index contributed by atoms with van der Waals surface area (Å²) in [5.41, 5.74) is 3.54. The molecule has 0 amide bonds. The second kappa shape index (κ2) is 5.97. The molecule has 1 aromatic carbocycles. The Balaban J connectivity index is 1.56. The minimum absolute atomic E-state index is 0.440. The Morgan fingerprint density at radius 1 is 1.17 bits per heavy atom. The highest BCUT2D eigenvalue weighted by Gasteiger charge is 2.17. The predicted octanol–water partition coefficient (Wildman–Crippen LogP) is 2.98. The van der Waals surface area contributed by atoms with E-state index in [2.05, 4.69) is 24.7 Å². The van der Waals surface area contributed by atoms with E-state index in [4.69, 9.17) is 4.52 Å². The first-order valence-electron chi connectivity index (χ1n) is 7.43. The van der Waals surface area contributed by atoms with Gasteiger partial charge in [0.05, 0.1) is 35.3 Å². The first-order chi connectivity index (χ1) is 11.7. The number of hydrogen-bond acceptors (Lipinski definition) is 7. The molecule has 24 heavy (non-hydrogen) atoms. The molecule has 0 radical (unpaired) electrons. The smallest absolute Gasteiger partial charge is 0.233 e. The number of rotatable bonds is 4. The van der Waals surface area contributed by atoms with Gasteiger partial charge in [0.1, 0.15) is 0 Å². The molecule has 8 heteroatoms. The number of aromatic nitrogens is 6. The summed E-state index contributed by atoms with van der Waals surface area (Å²) in [6.45, 7) is 3.95. The van der Waals surface area contributed by atoms with Crippen LogP contribution in [-0.2, 0) is 6.42 Å². The maximum absolute atomic E-state index is 5.36. The number of nitrogens with zero attached hydrogens (tertiary/aromatic N) is 6. The van der Waals surface area contributed by atoms with Gasteiger partial charge in [-0.05, 0) is 37.5 Å². The Morgan fingerprint density at radius 2 is 2.00 bits per heavy atom. The van der Waals surface area contributed by atoms with Crippen LogP contribution in [0.15, 0.2) is 41.1 Å². The first kappa shape index (κ1) is 14.7. The summed E-state index contributed by atoms with van der Waals surface area (Å²) in [6, 6.07) is 9.75. The third kappa shape index (κ3) is 2.71. The Bertz CT molecular complexity index is 952. The van der Waals surface area contributed by atoms with E-state index in [0.717, 1.165) is 27.5 Å². The van der Waals surface area contributed by atoms with Crippen LogP contribution < -0.4 is 0 Å². The van der Waals surface area contributed by atoms with Crippen molar-refractivity contribution in [3.63, 3.8) is 0 Å². The van der Waals surface area contributed by atoms with Crippen molar-refractivity contribution in [2.24, 2.45) is 0 Å². The van der Waals surface area contributed by atoms with Gasteiger partial charge in [-0.2, -0.15) is 24.4 Å². The Labute approximate surface area is 142 Å². The topological polar surface area (TPSA) is 82.5 Å². The number of aryl methyl sites for hydroxylation is 2. The molecule has 0 saturated heterocycles. The molecule has 4 rings (SSSR count). The molecule has 0 aliphatic carbocycles. The van der Waals surface area contributed by atoms with Crippen molar-refractivity contribution in [1.29, 1.82) is 0 Å². The summed E-state index contributed by atoms with van der Waals surface area (Å²) in [7, 11) is 0. The van der Waals surface area contributed by atoms with E-state index in [0.29, 0.717) is 18.1 Å². The van der Waals surface area contributed by atoms with Crippen molar-refractivity contribution >= 4 is 11.5 Å². The Kier molecular flexibility index (Phi) is 3.66. The summed E-state index contributed by atoms with van der Waals surface area (Å²) in [4.78, 5) is 7.13. The molecule has 0 saturated carbocycles. The van der Waals surface area contributed by atoms with Crippen molar-refractivity contribution in [1.82, 2.24) is 29.5 Å². The first-order valence-corrected chi connectivity index (χ1v) is 8.20. The molecule has 0 N–H and O–H groups in total. The molecule has 0 aliphatic rings. The molecule has 7 nitrogen and oxygen atoms in total. The van der Waals surface area contributed by atoms with E-state index in [1.807, 2.05) is 44.2 Å². The summed E-state index contributed by atoms with van der Waals surface area (Å²) in [5, 5.41) is 12.8. The van der Waals surface area contributed by atoms with Gasteiger partial charge in [0.2, 0.25) is 11.7 Å². The molecule has 0 bridgehead atoms. The maximum atomic E-state index is 5.36. The standard InChI is InChI=1S/C16H14N6OS/c1-10-15(11(2)24-21-10)16-18-14(23-20-16)8-12-9-17-22(19-12)13-6-4-3-5-7-13/h3-7,9H,8H2,1-2H3. The molecule has 0 fully saturated rings. The second-order valence-electron chi connectivity index (χ2n) is 5.35. The monoisotopic (exact) mass is 338 g/mol. The average molecular weight is 338 g/mol. The van der Waals surface area contributed by atoms with Gasteiger partial charge in [-0.1, -0.05) is 23.4 Å². The third-order valence-corrected chi connectivity index (χ3v) is 4.43. The van der Waals surface area contributed by atoms with Gasteiger partial charge in [0, 0.05) is 4.88 Å². The zero-order chi connectivity index (χ0) is 16.5. The second-order valence-corrected chi connectivity index (χ2v) is 6.33. The van der Waals surface area contributed by atoms with Crippen LogP contribution in [0, 0.1) is 13.8 Å². The number of hydrogen-bond donors (Lipinski definition) is 0. The Hall–Kier alpha value is -2.87. The van der Waals surface area contributed by atoms with Gasteiger partial charge in [-0.15, -0.1) is 0 Å². The molecule has 3 aromatic heterocycles. The fourth-order valence-corrected chi connectivity index (χ4v) is 3.14. The van der Waals surface area contributed by atoms with Crippen LogP contribution in [0.2, 0.25) is 0 Å². The predicted molar refractivity (Wildman–Crippen MR) is 89.0 cm³/mol. The zero-order valence-electron chi connectivity index (χ0n) is 13.2. The van der Waals surface area contributed by atoms with Gasteiger partial charge in [-0.3, -0.25) is 0 Å². The zero-order valence-corrected chi connectivity index (χ0v) is 14.0. The molecule has 0 spiro atoms. The van der Waals surface area contributed by atoms with E-state index in [9.17, 15) is 0 Å². The molecule has 0 aliphatic heterocycles. The highest BCUT2D eigenvalue weighted by molar-refractivity contribution is 7.06. The van der Waals surface area contributed by atoms with E-state index in [-0.39, 0.29) is 0 Å². The van der Waals surface area contributed by atoms with Crippen LogP contribution >= 0.6 is 11.5 Å². The van der Waals surface area contributed by atoms with Gasteiger partial charge in [0.25, 0.3) is 0 Å². The largest absolute Gasteiger partial charge is 0.339 e. The quantitative estimate of drug-likeness (QED) is 0.569. The highest BCUT2D eigenvalue weighted by Crippen LogP contribution is 2.27. The van der Waals surface area contributed by atoms with Crippen molar-refractivity contribution in [2.75, 3.05) is 0 Å². The van der Waals surface area contributed by atoms with Gasteiger partial charge in [-0.25, -0.2) is 0 Å². The van der Waals surface area contributed by atoms with Crippen LogP contribution in [-0.4, -0.2) is 29.5 Å². The molecule has 0 unspecified atom stereocenters. The van der Waals surface area contributed by atoms with Crippen LogP contribution in [0.3, 0.4) is 0 Å². The summed E-state index contributed by atoms with van der Waals surface area (Å²) < 4.78 is 9.67. The third-order valence-electron chi connectivity index (χ3n) is 3.58.